The van der Waals surface area contributed by atoms with Crippen molar-refractivity contribution >= 4 is 45.5 Å². The van der Waals surface area contributed by atoms with E-state index in [9.17, 15) is 22.8 Å². The molecule has 3 aromatic rings. The number of thiazole rings is 1. The Hall–Kier alpha value is -3.14. The summed E-state index contributed by atoms with van der Waals surface area (Å²) in [7, 11) is 0. The summed E-state index contributed by atoms with van der Waals surface area (Å²) in [4.78, 5) is 44.9. The number of nitrogens with one attached hydrogen (secondary N) is 1. The Morgan fingerprint density at radius 2 is 1.95 bits per heavy atom. The SMILES string of the molecule is C[C@@H]1CCCN1Cc1sc(NC(=O)c2cnc(N3CCN(CCC(=O)O)C[C@@H]3C)cn2)nc1-c1cc(C(F)(F)F)cs1. The molecule has 0 aliphatic carbocycles. The minimum absolute atomic E-state index is 0.0853. The second kappa shape index (κ2) is 12.6. The number of anilines is 2. The molecule has 2 fully saturated rings. The van der Waals surface area contributed by atoms with E-state index in [1.54, 1.807) is 0 Å². The van der Waals surface area contributed by atoms with Crippen LogP contribution in [-0.2, 0) is 17.5 Å². The van der Waals surface area contributed by atoms with Gasteiger partial charge in [0.1, 0.15) is 11.5 Å². The number of halogens is 3. The molecule has 42 heavy (non-hydrogen) atoms. The fourth-order valence-electron chi connectivity index (χ4n) is 5.30. The van der Waals surface area contributed by atoms with Crippen LogP contribution in [0, 0.1) is 0 Å². The van der Waals surface area contributed by atoms with Gasteiger partial charge in [-0.3, -0.25) is 24.7 Å². The second-order valence-electron chi connectivity index (χ2n) is 10.7. The molecule has 1 amide bonds. The molecule has 5 rings (SSSR count). The zero-order valence-corrected chi connectivity index (χ0v) is 24.9. The summed E-state index contributed by atoms with van der Waals surface area (Å²) in [6, 6.07) is 1.55. The molecule has 0 radical (unpaired) electrons. The molecule has 226 valence electrons. The van der Waals surface area contributed by atoms with E-state index in [1.165, 1.54) is 23.7 Å². The van der Waals surface area contributed by atoms with E-state index < -0.39 is 23.6 Å². The second-order valence-corrected chi connectivity index (χ2v) is 12.6. The molecule has 0 saturated carbocycles. The van der Waals surface area contributed by atoms with Gasteiger partial charge >= 0.3 is 12.1 Å². The van der Waals surface area contributed by atoms with E-state index in [4.69, 9.17) is 5.11 Å². The fraction of sp³-hybridized carbons (Fsp3) is 0.519. The summed E-state index contributed by atoms with van der Waals surface area (Å²) in [6.45, 7) is 8.13. The predicted molar refractivity (Wildman–Crippen MR) is 155 cm³/mol. The zero-order valence-electron chi connectivity index (χ0n) is 23.2. The number of alkyl halides is 3. The maximum atomic E-state index is 13.3. The van der Waals surface area contributed by atoms with Gasteiger partial charge in [0.05, 0.1) is 34.9 Å². The van der Waals surface area contributed by atoms with Gasteiger partial charge in [-0.15, -0.1) is 11.3 Å². The normalized spacial score (nSPS) is 20.3. The molecule has 0 aromatic carbocycles. The van der Waals surface area contributed by atoms with Crippen LogP contribution in [0.15, 0.2) is 23.8 Å². The van der Waals surface area contributed by atoms with Crippen LogP contribution < -0.4 is 10.2 Å². The van der Waals surface area contributed by atoms with E-state index in [1.807, 2.05) is 6.92 Å². The molecule has 2 aliphatic rings. The number of carbonyl (C=O) groups excluding carboxylic acids is 1. The Morgan fingerprint density at radius 1 is 1.14 bits per heavy atom. The number of hydrogen-bond acceptors (Lipinski definition) is 10. The average molecular weight is 624 g/mol. The van der Waals surface area contributed by atoms with Crippen molar-refractivity contribution in [2.24, 2.45) is 0 Å². The monoisotopic (exact) mass is 623 g/mol. The Balaban J connectivity index is 1.28. The van der Waals surface area contributed by atoms with Crippen molar-refractivity contribution in [1.82, 2.24) is 24.8 Å². The molecule has 0 spiro atoms. The number of aliphatic carboxylic acids is 1. The Labute approximate surface area is 249 Å². The lowest BCUT2D eigenvalue weighted by Gasteiger charge is -2.40. The third-order valence-electron chi connectivity index (χ3n) is 7.63. The average Bonchev–Trinajstić information content (AvgIpc) is 3.68. The third-order valence-corrected chi connectivity index (χ3v) is 9.53. The number of carboxylic acids is 1. The van der Waals surface area contributed by atoms with Gasteiger partial charge < -0.3 is 10.0 Å². The number of nitrogens with zero attached hydrogens (tertiary/aromatic N) is 6. The van der Waals surface area contributed by atoms with Gasteiger partial charge in [-0.1, -0.05) is 11.3 Å². The Kier molecular flexibility index (Phi) is 9.11. The lowest BCUT2D eigenvalue weighted by Crippen LogP contribution is -2.52. The van der Waals surface area contributed by atoms with Crippen LogP contribution in [0.1, 0.15) is 54.0 Å². The van der Waals surface area contributed by atoms with Crippen LogP contribution in [-0.4, -0.2) is 86.5 Å². The zero-order chi connectivity index (χ0) is 30.0. The van der Waals surface area contributed by atoms with Crippen LogP contribution in [0.25, 0.3) is 10.6 Å². The quantitative estimate of drug-likeness (QED) is 0.344. The highest BCUT2D eigenvalue weighted by Crippen LogP contribution is 2.40. The predicted octanol–water partition coefficient (Wildman–Crippen LogP) is 4.90. The van der Waals surface area contributed by atoms with E-state index in [-0.39, 0.29) is 23.3 Å². The van der Waals surface area contributed by atoms with Crippen molar-refractivity contribution in [2.75, 3.05) is 42.9 Å². The van der Waals surface area contributed by atoms with Gasteiger partial charge in [0.2, 0.25) is 0 Å². The maximum absolute atomic E-state index is 13.3. The highest BCUT2D eigenvalue weighted by atomic mass is 32.1. The number of thiophene rings is 1. The first-order chi connectivity index (χ1) is 20.0. The minimum atomic E-state index is -4.44. The minimum Gasteiger partial charge on any atom is -0.481 e. The Morgan fingerprint density at radius 3 is 2.57 bits per heavy atom. The third kappa shape index (κ3) is 7.07. The highest BCUT2D eigenvalue weighted by molar-refractivity contribution is 7.17. The number of rotatable bonds is 9. The fourth-order valence-corrected chi connectivity index (χ4v) is 7.30. The van der Waals surface area contributed by atoms with Crippen molar-refractivity contribution < 1.29 is 27.9 Å². The first-order valence-corrected chi connectivity index (χ1v) is 15.4. The molecule has 2 saturated heterocycles. The maximum Gasteiger partial charge on any atom is 0.417 e. The summed E-state index contributed by atoms with van der Waals surface area (Å²) in [5.41, 5.74) is -0.172. The molecule has 5 heterocycles. The highest BCUT2D eigenvalue weighted by Gasteiger charge is 2.33. The number of piperazine rings is 1. The van der Waals surface area contributed by atoms with E-state index >= 15 is 0 Å². The van der Waals surface area contributed by atoms with Gasteiger partial charge in [0.25, 0.3) is 5.91 Å². The lowest BCUT2D eigenvalue weighted by molar-refractivity contribution is -0.138. The van der Waals surface area contributed by atoms with Crippen LogP contribution >= 0.6 is 22.7 Å². The van der Waals surface area contributed by atoms with E-state index in [2.05, 4.69) is 41.9 Å². The van der Waals surface area contributed by atoms with Crippen molar-refractivity contribution in [1.29, 1.82) is 0 Å². The van der Waals surface area contributed by atoms with Gasteiger partial charge in [0.15, 0.2) is 5.13 Å². The summed E-state index contributed by atoms with van der Waals surface area (Å²) < 4.78 is 39.9. The van der Waals surface area contributed by atoms with Gasteiger partial charge in [-0.2, -0.15) is 13.2 Å². The summed E-state index contributed by atoms with van der Waals surface area (Å²) >= 11 is 2.24. The summed E-state index contributed by atoms with van der Waals surface area (Å²) in [5, 5.41) is 13.1. The van der Waals surface area contributed by atoms with Crippen LogP contribution in [0.5, 0.6) is 0 Å². The first kappa shape index (κ1) is 30.3. The molecule has 3 aromatic heterocycles. The standard InChI is InChI=1S/C27H32F3N7O3S2/c1-16-4-3-6-36(16)14-21-24(20-10-18(15-41-20)27(28,29)30)33-26(42-21)34-25(40)19-11-32-22(12-31-19)37-9-8-35(13-17(37)2)7-5-23(38)39/h10-12,15-17H,3-9,13-14H2,1-2H3,(H,38,39)(H,33,34,40)/t16-,17+/m1/s1. The summed E-state index contributed by atoms with van der Waals surface area (Å²) in [6.07, 6.45) is 0.701. The van der Waals surface area contributed by atoms with E-state index in [0.29, 0.717) is 55.2 Å². The molecule has 0 unspecified atom stereocenters. The van der Waals surface area contributed by atoms with E-state index in [0.717, 1.165) is 47.0 Å². The number of likely N-dealkylation sites (tertiary alicyclic amines) is 1. The first-order valence-electron chi connectivity index (χ1n) is 13.7. The molecule has 2 N–H and O–H groups in total. The number of amides is 1. The number of carbonyl (C=O) groups is 2. The van der Waals surface area contributed by atoms with Crippen LogP contribution in [0.2, 0.25) is 0 Å². The molecular formula is C27H32F3N7O3S2. The van der Waals surface area contributed by atoms with Crippen LogP contribution in [0.3, 0.4) is 0 Å². The van der Waals surface area contributed by atoms with Crippen molar-refractivity contribution in [2.45, 2.75) is 57.9 Å². The Bertz CT molecular complexity index is 1410. The molecule has 0 bridgehead atoms. The molecule has 2 atom stereocenters. The largest absolute Gasteiger partial charge is 0.481 e. The summed E-state index contributed by atoms with van der Waals surface area (Å²) in [5.74, 6) is -0.712. The molecule has 2 aliphatic heterocycles. The smallest absolute Gasteiger partial charge is 0.417 e. The van der Waals surface area contributed by atoms with Gasteiger partial charge in [0, 0.05) is 55.1 Å². The molecule has 10 nitrogen and oxygen atoms in total. The van der Waals surface area contributed by atoms with Crippen LogP contribution in [0.4, 0.5) is 24.1 Å². The number of aromatic nitrogens is 3. The van der Waals surface area contributed by atoms with Crippen molar-refractivity contribution in [3.8, 4) is 10.6 Å². The van der Waals surface area contributed by atoms with Gasteiger partial charge in [-0.25, -0.2) is 15.0 Å². The van der Waals surface area contributed by atoms with Crippen molar-refractivity contribution in [3.63, 3.8) is 0 Å². The topological polar surface area (TPSA) is 115 Å². The van der Waals surface area contributed by atoms with Gasteiger partial charge in [-0.05, 0) is 39.3 Å². The molecular weight excluding hydrogens is 591 g/mol. The molecule has 15 heteroatoms. The number of hydrogen-bond donors (Lipinski definition) is 2. The van der Waals surface area contributed by atoms with Crippen molar-refractivity contribution in [3.05, 3.63) is 40.0 Å². The number of carboxylic acid groups (broad SMARTS) is 1. The lowest BCUT2D eigenvalue weighted by atomic mass is 10.2.